The molecule has 2 aliphatic rings. The van der Waals surface area contributed by atoms with Gasteiger partial charge < -0.3 is 10.1 Å². The van der Waals surface area contributed by atoms with Crippen molar-refractivity contribution < 1.29 is 4.74 Å². The van der Waals surface area contributed by atoms with Gasteiger partial charge in [-0.3, -0.25) is 0 Å². The van der Waals surface area contributed by atoms with Gasteiger partial charge in [0.2, 0.25) is 0 Å². The summed E-state index contributed by atoms with van der Waals surface area (Å²) in [7, 11) is 1.77. The van der Waals surface area contributed by atoms with Crippen molar-refractivity contribution in [3.8, 4) is 5.75 Å². The van der Waals surface area contributed by atoms with Gasteiger partial charge in [-0.1, -0.05) is 18.2 Å². The van der Waals surface area contributed by atoms with Gasteiger partial charge in [0.1, 0.15) is 5.75 Å². The van der Waals surface area contributed by atoms with E-state index in [9.17, 15) is 0 Å². The minimum atomic E-state index is 0.715. The lowest BCUT2D eigenvalue weighted by Crippen LogP contribution is -2.28. The third kappa shape index (κ3) is 1.44. The third-order valence-electron chi connectivity index (χ3n) is 3.90. The summed E-state index contributed by atoms with van der Waals surface area (Å²) < 4.78 is 5.44. The van der Waals surface area contributed by atoms with Gasteiger partial charge in [-0.2, -0.15) is 0 Å². The van der Waals surface area contributed by atoms with Crippen LogP contribution in [0.1, 0.15) is 24.3 Å². The first kappa shape index (κ1) is 9.22. The van der Waals surface area contributed by atoms with Crippen molar-refractivity contribution in [2.75, 3.05) is 13.7 Å². The topological polar surface area (TPSA) is 21.3 Å². The maximum absolute atomic E-state index is 5.44. The third-order valence-corrected chi connectivity index (χ3v) is 3.90. The molecule has 2 heteroatoms. The Morgan fingerprint density at radius 3 is 2.80 bits per heavy atom. The molecule has 1 saturated carbocycles. The van der Waals surface area contributed by atoms with E-state index in [-0.39, 0.29) is 0 Å². The van der Waals surface area contributed by atoms with Gasteiger partial charge in [0.15, 0.2) is 0 Å². The molecular weight excluding hydrogens is 186 g/mol. The molecule has 0 radical (unpaired) electrons. The predicted octanol–water partition coefficient (Wildman–Crippen LogP) is 2.16. The molecule has 1 aromatic carbocycles. The number of ether oxygens (including phenoxy) is 1. The Hall–Kier alpha value is -1.02. The first-order chi connectivity index (χ1) is 7.38. The van der Waals surface area contributed by atoms with Crippen LogP contribution in [0.4, 0.5) is 0 Å². The molecule has 3 atom stereocenters. The number of rotatable bonds is 2. The standard InChI is InChI=1S/C13H17NO/c1-15-13-5-3-2-4-11(13)12-7-10-6-9(12)8-14-10/h2-5,9-10,12,14H,6-8H2,1H3. The first-order valence-corrected chi connectivity index (χ1v) is 5.75. The summed E-state index contributed by atoms with van der Waals surface area (Å²) in [5.41, 5.74) is 1.41. The molecule has 0 spiro atoms. The number of hydrogen-bond acceptors (Lipinski definition) is 2. The molecule has 3 rings (SSSR count). The summed E-state index contributed by atoms with van der Waals surface area (Å²) in [6.45, 7) is 1.19. The number of piperidine rings is 1. The van der Waals surface area contributed by atoms with Gasteiger partial charge in [0, 0.05) is 6.04 Å². The van der Waals surface area contributed by atoms with Crippen molar-refractivity contribution in [2.45, 2.75) is 24.8 Å². The Kier molecular flexibility index (Phi) is 2.17. The normalized spacial score (nSPS) is 33.3. The number of nitrogens with one attached hydrogen (secondary N) is 1. The van der Waals surface area contributed by atoms with Gasteiger partial charge in [-0.15, -0.1) is 0 Å². The van der Waals surface area contributed by atoms with E-state index in [1.165, 1.54) is 24.9 Å². The van der Waals surface area contributed by atoms with E-state index in [1.807, 2.05) is 6.07 Å². The molecule has 1 saturated heterocycles. The largest absolute Gasteiger partial charge is 0.496 e. The molecule has 2 fully saturated rings. The number of hydrogen-bond donors (Lipinski definition) is 1. The van der Waals surface area contributed by atoms with Crippen LogP contribution in [0.25, 0.3) is 0 Å². The molecule has 1 aliphatic carbocycles. The first-order valence-electron chi connectivity index (χ1n) is 5.75. The fourth-order valence-electron chi connectivity index (χ4n) is 3.19. The second kappa shape index (κ2) is 3.53. The van der Waals surface area contributed by atoms with Crippen molar-refractivity contribution in [2.24, 2.45) is 5.92 Å². The Morgan fingerprint density at radius 2 is 2.13 bits per heavy atom. The van der Waals surface area contributed by atoms with Crippen LogP contribution >= 0.6 is 0 Å². The average molecular weight is 203 g/mol. The fourth-order valence-corrected chi connectivity index (χ4v) is 3.19. The van der Waals surface area contributed by atoms with Crippen LogP contribution < -0.4 is 10.1 Å². The monoisotopic (exact) mass is 203 g/mol. The van der Waals surface area contributed by atoms with Gasteiger partial charge in [0.25, 0.3) is 0 Å². The molecule has 1 N–H and O–H groups in total. The molecule has 15 heavy (non-hydrogen) atoms. The average Bonchev–Trinajstić information content (AvgIpc) is 2.90. The molecule has 80 valence electrons. The zero-order chi connectivity index (χ0) is 10.3. The van der Waals surface area contributed by atoms with Gasteiger partial charge in [-0.05, 0) is 42.9 Å². The van der Waals surface area contributed by atoms with Gasteiger partial charge >= 0.3 is 0 Å². The van der Waals surface area contributed by atoms with E-state index >= 15 is 0 Å². The summed E-state index contributed by atoms with van der Waals surface area (Å²) in [6, 6.07) is 9.23. The zero-order valence-corrected chi connectivity index (χ0v) is 9.07. The Labute approximate surface area is 90.6 Å². The Bertz CT molecular complexity index is 363. The number of benzene rings is 1. The van der Waals surface area contributed by atoms with Crippen molar-refractivity contribution in [3.05, 3.63) is 29.8 Å². The number of methoxy groups -OCH3 is 1. The van der Waals surface area contributed by atoms with Crippen molar-refractivity contribution >= 4 is 0 Å². The summed E-state index contributed by atoms with van der Waals surface area (Å²) in [6.07, 6.45) is 2.63. The molecule has 2 bridgehead atoms. The van der Waals surface area contributed by atoms with Crippen LogP contribution in [-0.2, 0) is 0 Å². The maximum atomic E-state index is 5.44. The fraction of sp³-hybridized carbons (Fsp3) is 0.538. The molecule has 0 aromatic heterocycles. The van der Waals surface area contributed by atoms with E-state index in [4.69, 9.17) is 4.74 Å². The summed E-state index contributed by atoms with van der Waals surface area (Å²) in [4.78, 5) is 0. The van der Waals surface area contributed by atoms with E-state index in [0.29, 0.717) is 5.92 Å². The zero-order valence-electron chi connectivity index (χ0n) is 9.07. The summed E-state index contributed by atoms with van der Waals surface area (Å²) in [5, 5.41) is 3.55. The van der Waals surface area contributed by atoms with Crippen LogP contribution in [0.3, 0.4) is 0 Å². The Morgan fingerprint density at radius 1 is 1.27 bits per heavy atom. The highest BCUT2D eigenvalue weighted by molar-refractivity contribution is 5.38. The van der Waals surface area contributed by atoms with Gasteiger partial charge in [-0.25, -0.2) is 0 Å². The second-order valence-corrected chi connectivity index (χ2v) is 4.69. The molecule has 1 heterocycles. The lowest BCUT2D eigenvalue weighted by molar-refractivity contribution is 0.385. The second-order valence-electron chi connectivity index (χ2n) is 4.69. The van der Waals surface area contributed by atoms with Crippen LogP contribution in [0.5, 0.6) is 5.75 Å². The quantitative estimate of drug-likeness (QED) is 0.795. The molecule has 1 aliphatic heterocycles. The Balaban J connectivity index is 1.92. The van der Waals surface area contributed by atoms with Crippen LogP contribution in [0.15, 0.2) is 24.3 Å². The molecule has 1 aromatic rings. The lowest BCUT2D eigenvalue weighted by atomic mass is 9.87. The molecular formula is C13H17NO. The number of para-hydroxylation sites is 1. The van der Waals surface area contributed by atoms with Crippen molar-refractivity contribution in [3.63, 3.8) is 0 Å². The molecule has 2 nitrogen and oxygen atoms in total. The highest BCUT2D eigenvalue weighted by Crippen LogP contribution is 2.45. The lowest BCUT2D eigenvalue weighted by Gasteiger charge is -2.24. The van der Waals surface area contributed by atoms with E-state index < -0.39 is 0 Å². The van der Waals surface area contributed by atoms with Crippen LogP contribution in [0.2, 0.25) is 0 Å². The smallest absolute Gasteiger partial charge is 0.122 e. The van der Waals surface area contributed by atoms with Crippen LogP contribution in [-0.4, -0.2) is 19.7 Å². The molecule has 3 unspecified atom stereocenters. The maximum Gasteiger partial charge on any atom is 0.122 e. The van der Waals surface area contributed by atoms with E-state index in [2.05, 4.69) is 23.5 Å². The molecule has 0 amide bonds. The highest BCUT2D eigenvalue weighted by atomic mass is 16.5. The van der Waals surface area contributed by atoms with Crippen LogP contribution in [0, 0.1) is 5.92 Å². The summed E-state index contributed by atoms with van der Waals surface area (Å²) in [5.74, 6) is 2.61. The highest BCUT2D eigenvalue weighted by Gasteiger charge is 2.40. The SMILES string of the molecule is COc1ccccc1C1CC2CC1CN2. The summed E-state index contributed by atoms with van der Waals surface area (Å²) >= 11 is 0. The predicted molar refractivity (Wildman–Crippen MR) is 60.2 cm³/mol. The van der Waals surface area contributed by atoms with E-state index in [0.717, 1.165) is 17.7 Å². The van der Waals surface area contributed by atoms with Crippen molar-refractivity contribution in [1.82, 2.24) is 5.32 Å². The number of fused-ring (bicyclic) bond motifs is 2. The minimum absolute atomic E-state index is 0.715. The minimum Gasteiger partial charge on any atom is -0.496 e. The van der Waals surface area contributed by atoms with Crippen molar-refractivity contribution in [1.29, 1.82) is 0 Å². The van der Waals surface area contributed by atoms with Gasteiger partial charge in [0.05, 0.1) is 7.11 Å². The van der Waals surface area contributed by atoms with E-state index in [1.54, 1.807) is 7.11 Å².